The highest BCUT2D eigenvalue weighted by molar-refractivity contribution is 9.10. The Morgan fingerprint density at radius 1 is 1.48 bits per heavy atom. The Labute approximate surface area is 145 Å². The van der Waals surface area contributed by atoms with E-state index < -0.39 is 11.9 Å². The third-order valence-electron chi connectivity index (χ3n) is 3.94. The highest BCUT2D eigenvalue weighted by atomic mass is 79.9. The van der Waals surface area contributed by atoms with Gasteiger partial charge in [-0.25, -0.2) is 4.79 Å². The number of nitrogens with one attached hydrogen (secondary N) is 2. The minimum atomic E-state index is -1.03. The van der Waals surface area contributed by atoms with E-state index in [1.807, 2.05) is 13.8 Å². The molecule has 3 rings (SSSR count). The van der Waals surface area contributed by atoms with Gasteiger partial charge >= 0.3 is 5.97 Å². The molecule has 0 saturated heterocycles. The number of H-pyrrole nitrogens is 1. The molecule has 122 valence electrons. The molecule has 1 fully saturated rings. The van der Waals surface area contributed by atoms with E-state index in [0.717, 1.165) is 29.0 Å². The molecule has 6 nitrogen and oxygen atoms in total. The zero-order chi connectivity index (χ0) is 16.7. The molecule has 2 heterocycles. The average molecular weight is 398 g/mol. The van der Waals surface area contributed by atoms with Crippen molar-refractivity contribution in [3.8, 4) is 0 Å². The number of aromatic carboxylic acids is 1. The largest absolute Gasteiger partial charge is 0.478 e. The van der Waals surface area contributed by atoms with Crippen LogP contribution in [0, 0.1) is 6.92 Å². The van der Waals surface area contributed by atoms with Crippen molar-refractivity contribution in [1.29, 1.82) is 0 Å². The van der Waals surface area contributed by atoms with E-state index in [0.29, 0.717) is 21.8 Å². The van der Waals surface area contributed by atoms with Gasteiger partial charge in [0.2, 0.25) is 0 Å². The minimum Gasteiger partial charge on any atom is -0.478 e. The van der Waals surface area contributed by atoms with Crippen LogP contribution in [0.3, 0.4) is 0 Å². The lowest BCUT2D eigenvalue weighted by Crippen LogP contribution is -2.14. The maximum Gasteiger partial charge on any atom is 0.339 e. The highest BCUT2D eigenvalue weighted by Gasteiger charge is 2.31. The van der Waals surface area contributed by atoms with Gasteiger partial charge in [0.05, 0.1) is 15.7 Å². The SMILES string of the molecule is CCc1c(C)sc(NC(=O)c2n[nH]c(C3CC3)c2Br)c1C(=O)O. The van der Waals surface area contributed by atoms with Crippen LogP contribution in [-0.2, 0) is 6.42 Å². The summed E-state index contributed by atoms with van der Waals surface area (Å²) in [5.41, 5.74) is 2.13. The summed E-state index contributed by atoms with van der Waals surface area (Å²) in [4.78, 5) is 24.9. The molecule has 0 atom stereocenters. The molecular weight excluding hydrogens is 382 g/mol. The van der Waals surface area contributed by atoms with E-state index in [1.165, 1.54) is 11.3 Å². The van der Waals surface area contributed by atoms with E-state index in [4.69, 9.17) is 0 Å². The van der Waals surface area contributed by atoms with E-state index in [2.05, 4.69) is 31.4 Å². The molecule has 2 aromatic rings. The number of carbonyl (C=O) groups excluding carboxylic acids is 1. The van der Waals surface area contributed by atoms with E-state index in [-0.39, 0.29) is 11.3 Å². The van der Waals surface area contributed by atoms with Crippen LogP contribution in [0.5, 0.6) is 0 Å². The predicted molar refractivity (Wildman–Crippen MR) is 91.6 cm³/mol. The molecule has 1 aliphatic rings. The summed E-state index contributed by atoms with van der Waals surface area (Å²) in [6, 6.07) is 0. The number of hydrogen-bond donors (Lipinski definition) is 3. The first kappa shape index (κ1) is 16.2. The Bertz CT molecular complexity index is 792. The number of carboxylic acid groups (broad SMARTS) is 1. The van der Waals surface area contributed by atoms with E-state index >= 15 is 0 Å². The Kier molecular flexibility index (Phi) is 4.29. The number of halogens is 1. The summed E-state index contributed by atoms with van der Waals surface area (Å²) in [5.74, 6) is -1.00. The molecule has 1 amide bonds. The lowest BCUT2D eigenvalue weighted by atomic mass is 10.1. The minimum absolute atomic E-state index is 0.178. The number of carboxylic acids is 1. The summed E-state index contributed by atoms with van der Waals surface area (Å²) in [5, 5.41) is 19.5. The number of anilines is 1. The van der Waals surface area contributed by atoms with Gasteiger partial charge in [0.25, 0.3) is 5.91 Å². The van der Waals surface area contributed by atoms with Crippen LogP contribution in [0.4, 0.5) is 5.00 Å². The summed E-state index contributed by atoms with van der Waals surface area (Å²) in [7, 11) is 0. The molecule has 0 radical (unpaired) electrons. The molecule has 0 aliphatic heterocycles. The number of nitrogens with zero attached hydrogens (tertiary/aromatic N) is 1. The van der Waals surface area contributed by atoms with Gasteiger partial charge in [-0.15, -0.1) is 11.3 Å². The van der Waals surface area contributed by atoms with E-state index in [9.17, 15) is 14.7 Å². The Morgan fingerprint density at radius 2 is 2.17 bits per heavy atom. The molecule has 8 heteroatoms. The fourth-order valence-electron chi connectivity index (χ4n) is 2.62. The molecule has 0 bridgehead atoms. The van der Waals surface area contributed by atoms with Crippen molar-refractivity contribution in [2.75, 3.05) is 5.32 Å². The first-order valence-electron chi connectivity index (χ1n) is 7.34. The van der Waals surface area contributed by atoms with Crippen LogP contribution in [-0.4, -0.2) is 27.2 Å². The fraction of sp³-hybridized carbons (Fsp3) is 0.400. The molecule has 1 saturated carbocycles. The van der Waals surface area contributed by atoms with Crippen molar-refractivity contribution in [3.63, 3.8) is 0 Å². The Balaban J connectivity index is 1.90. The van der Waals surface area contributed by atoms with Gasteiger partial charge in [0.1, 0.15) is 5.00 Å². The molecule has 1 aliphatic carbocycles. The lowest BCUT2D eigenvalue weighted by Gasteiger charge is -2.04. The summed E-state index contributed by atoms with van der Waals surface area (Å²) < 4.78 is 0.665. The van der Waals surface area contributed by atoms with Crippen molar-refractivity contribution < 1.29 is 14.7 Å². The first-order chi connectivity index (χ1) is 10.9. The highest BCUT2D eigenvalue weighted by Crippen LogP contribution is 2.43. The van der Waals surface area contributed by atoms with Crippen molar-refractivity contribution in [2.45, 2.75) is 39.0 Å². The van der Waals surface area contributed by atoms with Crippen LogP contribution in [0.15, 0.2) is 4.47 Å². The average Bonchev–Trinajstić information content (AvgIpc) is 3.18. The van der Waals surface area contributed by atoms with Crippen LogP contribution in [0.25, 0.3) is 0 Å². The van der Waals surface area contributed by atoms with Gasteiger partial charge in [-0.05, 0) is 47.7 Å². The number of thiophene rings is 1. The zero-order valence-electron chi connectivity index (χ0n) is 12.7. The van der Waals surface area contributed by atoms with Crippen LogP contribution in [0.1, 0.15) is 62.7 Å². The second kappa shape index (κ2) is 6.09. The van der Waals surface area contributed by atoms with Gasteiger partial charge < -0.3 is 10.4 Å². The normalized spacial score (nSPS) is 14.0. The van der Waals surface area contributed by atoms with Crippen LogP contribution >= 0.6 is 27.3 Å². The fourth-order valence-corrected chi connectivity index (χ4v) is 4.43. The zero-order valence-corrected chi connectivity index (χ0v) is 15.1. The number of aromatic amines is 1. The maximum absolute atomic E-state index is 12.5. The van der Waals surface area contributed by atoms with Crippen LogP contribution < -0.4 is 5.32 Å². The molecular formula is C15H16BrN3O3S. The molecule has 0 aromatic carbocycles. The number of aromatic nitrogens is 2. The van der Waals surface area contributed by atoms with Gasteiger partial charge in [-0.1, -0.05) is 6.92 Å². The van der Waals surface area contributed by atoms with Gasteiger partial charge in [0.15, 0.2) is 5.69 Å². The molecule has 3 N–H and O–H groups in total. The number of hydrogen-bond acceptors (Lipinski definition) is 4. The quantitative estimate of drug-likeness (QED) is 0.711. The lowest BCUT2D eigenvalue weighted by molar-refractivity contribution is 0.0697. The van der Waals surface area contributed by atoms with Crippen molar-refractivity contribution in [1.82, 2.24) is 10.2 Å². The number of rotatable bonds is 5. The second-order valence-electron chi connectivity index (χ2n) is 5.53. The van der Waals surface area contributed by atoms with Crippen molar-refractivity contribution >= 4 is 44.1 Å². The topological polar surface area (TPSA) is 95.1 Å². The van der Waals surface area contributed by atoms with Gasteiger partial charge in [0, 0.05) is 10.8 Å². The Morgan fingerprint density at radius 3 is 2.74 bits per heavy atom. The smallest absolute Gasteiger partial charge is 0.339 e. The van der Waals surface area contributed by atoms with Gasteiger partial charge in [-0.2, -0.15) is 5.10 Å². The molecule has 0 unspecified atom stereocenters. The Hall–Kier alpha value is -1.67. The third kappa shape index (κ3) is 2.92. The third-order valence-corrected chi connectivity index (χ3v) is 5.80. The van der Waals surface area contributed by atoms with Crippen molar-refractivity contribution in [2.24, 2.45) is 0 Å². The predicted octanol–water partition coefficient (Wildman–Crippen LogP) is 3.93. The van der Waals surface area contributed by atoms with Crippen molar-refractivity contribution in [3.05, 3.63) is 31.9 Å². The standard InChI is InChI=1S/C15H16BrN3O3S/c1-3-8-6(2)23-14(9(8)15(21)22)17-13(20)12-10(16)11(18-19-12)7-4-5-7/h7H,3-5H2,1-2H3,(H,17,20)(H,18,19)(H,21,22). The number of carbonyl (C=O) groups is 2. The summed E-state index contributed by atoms with van der Waals surface area (Å²) >= 11 is 4.70. The summed E-state index contributed by atoms with van der Waals surface area (Å²) in [6.07, 6.45) is 2.79. The van der Waals surface area contributed by atoms with Gasteiger partial charge in [-0.3, -0.25) is 9.89 Å². The number of aryl methyl sites for hydroxylation is 1. The van der Waals surface area contributed by atoms with E-state index in [1.54, 1.807) is 0 Å². The summed E-state index contributed by atoms with van der Waals surface area (Å²) in [6.45, 7) is 3.76. The maximum atomic E-state index is 12.5. The van der Waals surface area contributed by atoms with Crippen LogP contribution in [0.2, 0.25) is 0 Å². The molecule has 2 aromatic heterocycles. The second-order valence-corrected chi connectivity index (χ2v) is 7.55. The molecule has 0 spiro atoms. The number of amides is 1. The first-order valence-corrected chi connectivity index (χ1v) is 8.95. The monoisotopic (exact) mass is 397 g/mol. The molecule has 23 heavy (non-hydrogen) atoms.